The fraction of sp³-hybridized carbons (Fsp3) is 0.588. The number of ether oxygens (including phenoxy) is 3. The Morgan fingerprint density at radius 3 is 2.46 bits per heavy atom. The summed E-state index contributed by atoms with van der Waals surface area (Å²) in [6.07, 6.45) is 4.64. The maximum Gasteiger partial charge on any atom is 0.313 e. The van der Waals surface area contributed by atoms with Crippen LogP contribution < -0.4 is 5.32 Å². The van der Waals surface area contributed by atoms with Gasteiger partial charge in [0.05, 0.1) is 31.2 Å². The van der Waals surface area contributed by atoms with Gasteiger partial charge in [0, 0.05) is 30.1 Å². The van der Waals surface area contributed by atoms with Gasteiger partial charge in [0.1, 0.15) is 29.8 Å². The maximum atomic E-state index is 14.8. The molecule has 4 heterocycles. The first-order valence-electron chi connectivity index (χ1n) is 15.9. The molecule has 11 nitrogen and oxygen atoms in total. The maximum absolute atomic E-state index is 14.8. The number of nitrogens with one attached hydrogen (secondary N) is 1. The van der Waals surface area contributed by atoms with Crippen molar-refractivity contribution in [3.05, 3.63) is 58.6 Å². The van der Waals surface area contributed by atoms with Crippen molar-refractivity contribution in [1.29, 1.82) is 0 Å². The van der Waals surface area contributed by atoms with Crippen LogP contribution in [0.3, 0.4) is 0 Å². The van der Waals surface area contributed by atoms with Crippen LogP contribution in [-0.4, -0.2) is 101 Å². The Balaban J connectivity index is 1.66. The lowest BCUT2D eigenvalue weighted by Crippen LogP contribution is -2.61. The van der Waals surface area contributed by atoms with E-state index in [2.05, 4.69) is 21.2 Å². The molecule has 0 aliphatic carbocycles. The molecular weight excluding hydrogens is 658 g/mol. The summed E-state index contributed by atoms with van der Waals surface area (Å²) < 4.78 is 18.9. The minimum atomic E-state index is -1.46. The first kappa shape index (κ1) is 34.3. The molecule has 0 radical (unpaired) electrons. The Bertz CT molecular complexity index is 1390. The average Bonchev–Trinajstić information content (AvgIpc) is 3.60. The van der Waals surface area contributed by atoms with Crippen LogP contribution >= 0.6 is 15.9 Å². The Labute approximate surface area is 278 Å². The molecule has 0 aromatic heterocycles. The zero-order valence-electron chi connectivity index (χ0n) is 27.0. The van der Waals surface area contributed by atoms with Gasteiger partial charge in [-0.25, -0.2) is 0 Å². The molecule has 5 bridgehead atoms. The quantitative estimate of drug-likeness (QED) is 0.342. The van der Waals surface area contributed by atoms with Crippen molar-refractivity contribution in [3.8, 4) is 0 Å². The summed E-state index contributed by atoms with van der Waals surface area (Å²) >= 11 is 3.58. The van der Waals surface area contributed by atoms with E-state index in [4.69, 9.17) is 14.2 Å². The second kappa shape index (κ2) is 13.6. The number of cyclic esters (lactones) is 1. The number of benzene rings is 1. The Kier molecular flexibility index (Phi) is 10.1. The van der Waals surface area contributed by atoms with Crippen LogP contribution in [0.5, 0.6) is 0 Å². The first-order valence-corrected chi connectivity index (χ1v) is 16.7. The number of esters is 1. The normalized spacial score (nSPS) is 33.4. The molecule has 2 N–H and O–H groups in total. The van der Waals surface area contributed by atoms with Gasteiger partial charge >= 0.3 is 5.97 Å². The number of allylic oxidation sites excluding steroid dienone is 1. The number of fused-ring (bicyclic) bond motifs is 2. The van der Waals surface area contributed by atoms with Crippen LogP contribution in [0.15, 0.2) is 53.0 Å². The van der Waals surface area contributed by atoms with E-state index in [9.17, 15) is 24.3 Å². The van der Waals surface area contributed by atoms with Crippen molar-refractivity contribution in [1.82, 2.24) is 15.1 Å². The molecular formula is C34H44BrN3O8. The SMILES string of the molecule is CC[C@@H](CO)N1C(=O)[C@H]2[C@@H]3C(=O)O[C@H](c4ccccc4)[C@@H](COC)NC(=O)CC/C=C\CN(C(C)(C)C)C(=O)[C@H]1[C@@]21C=C(Br)[C@@H]3O1. The van der Waals surface area contributed by atoms with E-state index in [0.717, 1.165) is 0 Å². The lowest BCUT2D eigenvalue weighted by molar-refractivity contribution is -0.163. The number of aliphatic hydroxyl groups is 1. The summed E-state index contributed by atoms with van der Waals surface area (Å²) in [6, 6.07) is 6.54. The van der Waals surface area contributed by atoms with Gasteiger partial charge < -0.3 is 34.4 Å². The second-order valence-electron chi connectivity index (χ2n) is 13.3. The summed E-state index contributed by atoms with van der Waals surface area (Å²) in [5.74, 6) is -3.89. The zero-order valence-corrected chi connectivity index (χ0v) is 28.6. The van der Waals surface area contributed by atoms with Gasteiger partial charge in [0.25, 0.3) is 0 Å². The van der Waals surface area contributed by atoms with Crippen molar-refractivity contribution in [2.75, 3.05) is 26.9 Å². The number of carbonyl (C=O) groups is 4. The molecule has 8 atom stereocenters. The molecule has 0 saturated carbocycles. The molecule has 12 heteroatoms. The van der Waals surface area contributed by atoms with E-state index in [1.165, 1.54) is 12.0 Å². The smallest absolute Gasteiger partial charge is 0.313 e. The van der Waals surface area contributed by atoms with Crippen LogP contribution in [-0.2, 0) is 33.4 Å². The number of hydrogen-bond donors (Lipinski definition) is 2. The monoisotopic (exact) mass is 701 g/mol. The lowest BCUT2D eigenvalue weighted by atomic mass is 9.74. The Hall–Kier alpha value is -3.06. The Morgan fingerprint density at radius 2 is 1.83 bits per heavy atom. The molecule has 3 amide bonds. The number of aliphatic hydroxyl groups excluding tert-OH is 1. The largest absolute Gasteiger partial charge is 0.455 e. The molecule has 46 heavy (non-hydrogen) atoms. The highest BCUT2D eigenvalue weighted by Gasteiger charge is 2.75. The van der Waals surface area contributed by atoms with Crippen LogP contribution in [0.1, 0.15) is 58.6 Å². The zero-order chi connectivity index (χ0) is 33.4. The van der Waals surface area contributed by atoms with E-state index in [-0.39, 0.29) is 38.0 Å². The third kappa shape index (κ3) is 6.05. The average molecular weight is 703 g/mol. The van der Waals surface area contributed by atoms with Crippen molar-refractivity contribution in [2.24, 2.45) is 11.8 Å². The number of halogens is 1. The molecule has 2 fully saturated rings. The van der Waals surface area contributed by atoms with Crippen LogP contribution in [0.4, 0.5) is 0 Å². The molecule has 4 aliphatic heterocycles. The summed E-state index contributed by atoms with van der Waals surface area (Å²) in [4.78, 5) is 59.9. The van der Waals surface area contributed by atoms with Gasteiger partial charge in [-0.05, 0) is 45.3 Å². The van der Waals surface area contributed by atoms with E-state index < -0.39 is 65.2 Å². The van der Waals surface area contributed by atoms with E-state index in [1.54, 1.807) is 23.1 Å². The predicted octanol–water partition coefficient (Wildman–Crippen LogP) is 3.02. The summed E-state index contributed by atoms with van der Waals surface area (Å²) in [6.45, 7) is 7.50. The number of likely N-dealkylation sites (tertiary alicyclic amines) is 1. The molecule has 1 aromatic rings. The van der Waals surface area contributed by atoms with E-state index in [1.807, 2.05) is 58.0 Å². The van der Waals surface area contributed by atoms with E-state index >= 15 is 0 Å². The summed E-state index contributed by atoms with van der Waals surface area (Å²) in [5, 5.41) is 13.4. The second-order valence-corrected chi connectivity index (χ2v) is 14.3. The highest BCUT2D eigenvalue weighted by atomic mass is 79.9. The lowest BCUT2D eigenvalue weighted by Gasteiger charge is -2.42. The first-order chi connectivity index (χ1) is 21.9. The predicted molar refractivity (Wildman–Crippen MR) is 172 cm³/mol. The van der Waals surface area contributed by atoms with Gasteiger partial charge in [-0.3, -0.25) is 19.2 Å². The highest BCUT2D eigenvalue weighted by molar-refractivity contribution is 9.11. The van der Waals surface area contributed by atoms with Crippen molar-refractivity contribution < 1.29 is 38.5 Å². The minimum absolute atomic E-state index is 0.0640. The molecule has 1 aromatic carbocycles. The van der Waals surface area contributed by atoms with Crippen LogP contribution in [0.25, 0.3) is 0 Å². The van der Waals surface area contributed by atoms with E-state index in [0.29, 0.717) is 22.9 Å². The summed E-state index contributed by atoms with van der Waals surface area (Å²) in [7, 11) is 1.51. The van der Waals surface area contributed by atoms with Gasteiger partial charge in [-0.2, -0.15) is 0 Å². The number of nitrogens with zero attached hydrogens (tertiary/aromatic N) is 2. The van der Waals surface area contributed by atoms with Gasteiger partial charge in [-0.15, -0.1) is 0 Å². The standard InChI is InChI=1S/C34H44BrN3O8/c1-6-21(18-39)38-29-31(42)37(33(2,3)4)16-12-8-11-15-24(40)36-23(19-44-5)27(20-13-9-7-10-14-20)45-32(43)25-26(30(38)41)34(29)17-22(35)28(25)46-34/h7-10,12-14,17,21,23,25-29,39H,6,11,15-16,18-19H2,1-5H3,(H,36,40)/b12-8-/t21-,23+,25-,26+,27+,28-,29-,34+/m0/s1. The van der Waals surface area contributed by atoms with Gasteiger partial charge in [0.15, 0.2) is 0 Å². The fourth-order valence-corrected chi connectivity index (χ4v) is 8.00. The van der Waals surface area contributed by atoms with Crippen LogP contribution in [0.2, 0.25) is 0 Å². The number of rotatable bonds is 6. The highest BCUT2D eigenvalue weighted by Crippen LogP contribution is 2.59. The molecule has 0 unspecified atom stereocenters. The van der Waals surface area contributed by atoms with Crippen molar-refractivity contribution in [2.45, 2.75) is 88.4 Å². The molecule has 1 spiro atoms. The fourth-order valence-electron chi connectivity index (χ4n) is 7.26. The third-order valence-electron chi connectivity index (χ3n) is 9.44. The van der Waals surface area contributed by atoms with Gasteiger partial charge in [-0.1, -0.05) is 65.3 Å². The summed E-state index contributed by atoms with van der Waals surface area (Å²) in [5.41, 5.74) is -1.48. The number of amides is 3. The number of hydrogen-bond acceptors (Lipinski definition) is 8. The van der Waals surface area contributed by atoms with Crippen molar-refractivity contribution in [3.63, 3.8) is 0 Å². The molecule has 5 rings (SSSR count). The van der Waals surface area contributed by atoms with Crippen molar-refractivity contribution >= 4 is 39.6 Å². The molecule has 2 saturated heterocycles. The number of carbonyl (C=O) groups excluding carboxylic acids is 4. The topological polar surface area (TPSA) is 135 Å². The molecule has 4 aliphatic rings. The third-order valence-corrected chi connectivity index (χ3v) is 10.1. The van der Waals surface area contributed by atoms with Crippen LogP contribution in [0, 0.1) is 11.8 Å². The van der Waals surface area contributed by atoms with Gasteiger partial charge in [0.2, 0.25) is 17.7 Å². The Morgan fingerprint density at radius 1 is 1.11 bits per heavy atom. The minimum Gasteiger partial charge on any atom is -0.455 e. The number of methoxy groups -OCH3 is 1. The molecule has 250 valence electrons.